The van der Waals surface area contributed by atoms with Gasteiger partial charge in [0, 0.05) is 24.8 Å². The zero-order chi connectivity index (χ0) is 15.0. The van der Waals surface area contributed by atoms with Crippen molar-refractivity contribution < 1.29 is 21.6 Å². The summed E-state index contributed by atoms with van der Waals surface area (Å²) >= 11 is 0. The van der Waals surface area contributed by atoms with Gasteiger partial charge in [0.1, 0.15) is 0 Å². The Kier molecular flexibility index (Phi) is 3.88. The van der Waals surface area contributed by atoms with Crippen molar-refractivity contribution in [3.8, 4) is 0 Å². The van der Waals surface area contributed by atoms with E-state index < -0.39 is 24.9 Å². The molecule has 0 spiro atoms. The third-order valence-electron chi connectivity index (χ3n) is 2.94. The lowest BCUT2D eigenvalue weighted by atomic mass is 10.1. The smallest absolute Gasteiger partial charge is 0.249 e. The fourth-order valence-corrected chi connectivity index (χ4v) is 5.73. The highest BCUT2D eigenvalue weighted by Gasteiger charge is 2.31. The van der Waals surface area contributed by atoms with Crippen LogP contribution in [0.2, 0.25) is 0 Å². The summed E-state index contributed by atoms with van der Waals surface area (Å²) in [5, 5.41) is -0.956. The topological polar surface area (TPSA) is 88.6 Å². The summed E-state index contributed by atoms with van der Waals surface area (Å²) in [6, 6.07) is 6.37. The third kappa shape index (κ3) is 3.18. The number of nitrogens with zero attached hydrogens (tertiary/aromatic N) is 1. The van der Waals surface area contributed by atoms with Gasteiger partial charge in [0.2, 0.25) is 10.0 Å². The molecular formula is C12H15NO5S2. The first-order valence-electron chi connectivity index (χ1n) is 6.01. The number of ketones is 1. The molecule has 1 heterocycles. The predicted molar refractivity (Wildman–Crippen MR) is 76.0 cm³/mol. The number of sulfonamides is 1. The van der Waals surface area contributed by atoms with Crippen LogP contribution >= 0.6 is 0 Å². The standard InChI is InChI=1S/C12H15NO5S2/c1-19(15,16)9-20(17,18)13-8-4-7-12(14)10-5-2-3-6-11(10)13/h2-3,5-6H,4,7-9H2,1H3. The van der Waals surface area contributed by atoms with E-state index in [9.17, 15) is 21.6 Å². The fourth-order valence-electron chi connectivity index (χ4n) is 2.19. The molecule has 0 saturated carbocycles. The van der Waals surface area contributed by atoms with E-state index in [0.29, 0.717) is 12.0 Å². The monoisotopic (exact) mass is 317 g/mol. The molecule has 0 saturated heterocycles. The number of fused-ring (bicyclic) bond motifs is 1. The zero-order valence-electron chi connectivity index (χ0n) is 10.9. The highest BCUT2D eigenvalue weighted by molar-refractivity contribution is 8.08. The summed E-state index contributed by atoms with van der Waals surface area (Å²) in [6.45, 7) is 0.112. The van der Waals surface area contributed by atoms with Crippen molar-refractivity contribution >= 4 is 31.3 Å². The average Bonchev–Trinajstić information content (AvgIpc) is 2.47. The van der Waals surface area contributed by atoms with Gasteiger partial charge < -0.3 is 0 Å². The summed E-state index contributed by atoms with van der Waals surface area (Å²) < 4.78 is 48.1. The molecule has 20 heavy (non-hydrogen) atoms. The van der Waals surface area contributed by atoms with Gasteiger partial charge in [-0.25, -0.2) is 16.8 Å². The SMILES string of the molecule is CS(=O)(=O)CS(=O)(=O)N1CCCC(=O)c2ccccc21. The number of hydrogen-bond donors (Lipinski definition) is 0. The second kappa shape index (κ2) is 5.17. The maximum absolute atomic E-state index is 12.3. The van der Waals surface area contributed by atoms with Crippen LogP contribution in [0.4, 0.5) is 5.69 Å². The van der Waals surface area contributed by atoms with E-state index in [0.717, 1.165) is 10.6 Å². The second-order valence-electron chi connectivity index (χ2n) is 4.77. The molecule has 110 valence electrons. The summed E-state index contributed by atoms with van der Waals surface area (Å²) in [5.41, 5.74) is 0.584. The van der Waals surface area contributed by atoms with E-state index in [1.54, 1.807) is 18.2 Å². The van der Waals surface area contributed by atoms with E-state index >= 15 is 0 Å². The number of anilines is 1. The van der Waals surface area contributed by atoms with Gasteiger partial charge in [-0.3, -0.25) is 9.10 Å². The normalized spacial score (nSPS) is 16.6. The minimum Gasteiger partial charge on any atom is -0.294 e. The van der Waals surface area contributed by atoms with Crippen LogP contribution in [0.5, 0.6) is 0 Å². The van der Waals surface area contributed by atoms with Crippen LogP contribution in [0.25, 0.3) is 0 Å². The van der Waals surface area contributed by atoms with Crippen LogP contribution in [0, 0.1) is 0 Å². The molecule has 2 rings (SSSR count). The Morgan fingerprint density at radius 3 is 2.45 bits per heavy atom. The second-order valence-corrected chi connectivity index (χ2v) is 9.17. The number of Topliss-reactive ketones (excluding diaryl/α,β-unsaturated/α-hetero) is 1. The van der Waals surface area contributed by atoms with Crippen LogP contribution in [0.15, 0.2) is 24.3 Å². The lowest BCUT2D eigenvalue weighted by Crippen LogP contribution is -2.36. The molecule has 0 unspecified atom stereocenters. The van der Waals surface area contributed by atoms with Crippen LogP contribution in [0.3, 0.4) is 0 Å². The molecule has 0 amide bonds. The minimum absolute atomic E-state index is 0.112. The number of rotatable bonds is 3. The van der Waals surface area contributed by atoms with Crippen molar-refractivity contribution in [3.63, 3.8) is 0 Å². The molecule has 1 aromatic carbocycles. The largest absolute Gasteiger partial charge is 0.294 e. The summed E-state index contributed by atoms with van der Waals surface area (Å²) in [6.07, 6.45) is 1.50. The van der Waals surface area contributed by atoms with Crippen molar-refractivity contribution in [2.45, 2.75) is 12.8 Å². The maximum Gasteiger partial charge on any atom is 0.249 e. The van der Waals surface area contributed by atoms with Crippen molar-refractivity contribution in [1.29, 1.82) is 0 Å². The van der Waals surface area contributed by atoms with Crippen molar-refractivity contribution in [3.05, 3.63) is 29.8 Å². The molecule has 0 bridgehead atoms. The van der Waals surface area contributed by atoms with Crippen LogP contribution in [-0.2, 0) is 19.9 Å². The molecule has 1 aliphatic heterocycles. The van der Waals surface area contributed by atoms with Gasteiger partial charge in [0.15, 0.2) is 20.7 Å². The lowest BCUT2D eigenvalue weighted by molar-refractivity contribution is 0.0983. The predicted octanol–water partition coefficient (Wildman–Crippen LogP) is 0.801. The molecule has 0 fully saturated rings. The molecule has 0 N–H and O–H groups in total. The Labute approximate surface area is 118 Å². The third-order valence-corrected chi connectivity index (χ3v) is 6.89. The van der Waals surface area contributed by atoms with Crippen LogP contribution < -0.4 is 4.31 Å². The van der Waals surface area contributed by atoms with Gasteiger partial charge >= 0.3 is 0 Å². The van der Waals surface area contributed by atoms with Gasteiger partial charge in [-0.15, -0.1) is 0 Å². The van der Waals surface area contributed by atoms with Crippen LogP contribution in [-0.4, -0.2) is 40.5 Å². The number of carbonyl (C=O) groups is 1. The van der Waals surface area contributed by atoms with E-state index in [-0.39, 0.29) is 24.4 Å². The first-order chi connectivity index (χ1) is 9.21. The Morgan fingerprint density at radius 1 is 1.15 bits per heavy atom. The molecule has 8 heteroatoms. The Hall–Kier alpha value is -1.41. The van der Waals surface area contributed by atoms with Gasteiger partial charge in [0.25, 0.3) is 0 Å². The van der Waals surface area contributed by atoms with E-state index in [1.165, 1.54) is 6.07 Å². The van der Waals surface area contributed by atoms with Crippen molar-refractivity contribution in [1.82, 2.24) is 0 Å². The van der Waals surface area contributed by atoms with E-state index in [4.69, 9.17) is 0 Å². The molecule has 0 radical (unpaired) electrons. The van der Waals surface area contributed by atoms with Crippen LogP contribution in [0.1, 0.15) is 23.2 Å². The molecule has 0 atom stereocenters. The molecule has 1 aliphatic rings. The van der Waals surface area contributed by atoms with Gasteiger partial charge in [0.05, 0.1) is 5.69 Å². The van der Waals surface area contributed by atoms with Crippen molar-refractivity contribution in [2.75, 3.05) is 22.2 Å². The summed E-state index contributed by atoms with van der Waals surface area (Å²) in [4.78, 5) is 11.9. The summed E-state index contributed by atoms with van der Waals surface area (Å²) in [5.74, 6) is -0.127. The molecule has 6 nitrogen and oxygen atoms in total. The van der Waals surface area contributed by atoms with E-state index in [2.05, 4.69) is 0 Å². The molecule has 1 aromatic rings. The number of hydrogen-bond acceptors (Lipinski definition) is 5. The van der Waals surface area contributed by atoms with Gasteiger partial charge in [-0.05, 0) is 18.6 Å². The highest BCUT2D eigenvalue weighted by Crippen LogP contribution is 2.28. The Morgan fingerprint density at radius 2 is 1.80 bits per heavy atom. The number of para-hydroxylation sites is 1. The minimum atomic E-state index is -4.01. The fraction of sp³-hybridized carbons (Fsp3) is 0.417. The number of sulfone groups is 1. The Balaban J connectivity index is 2.52. The van der Waals surface area contributed by atoms with Gasteiger partial charge in [-0.1, -0.05) is 12.1 Å². The molecular weight excluding hydrogens is 302 g/mol. The lowest BCUT2D eigenvalue weighted by Gasteiger charge is -2.23. The molecule has 0 aliphatic carbocycles. The van der Waals surface area contributed by atoms with E-state index in [1.807, 2.05) is 0 Å². The van der Waals surface area contributed by atoms with Crippen molar-refractivity contribution in [2.24, 2.45) is 0 Å². The summed E-state index contributed by atoms with van der Waals surface area (Å²) in [7, 11) is -7.68. The first kappa shape index (κ1) is 15.0. The Bertz CT molecular complexity index is 737. The zero-order valence-corrected chi connectivity index (χ0v) is 12.6. The average molecular weight is 317 g/mol. The molecule has 0 aromatic heterocycles. The quantitative estimate of drug-likeness (QED) is 0.823. The maximum atomic E-state index is 12.3. The number of benzene rings is 1. The first-order valence-corrected chi connectivity index (χ1v) is 9.68. The number of carbonyl (C=O) groups excluding carboxylic acids is 1. The highest BCUT2D eigenvalue weighted by atomic mass is 32.3. The van der Waals surface area contributed by atoms with Gasteiger partial charge in [-0.2, -0.15) is 0 Å².